The molecule has 0 unspecified atom stereocenters. The van der Waals surface area contributed by atoms with Crippen molar-refractivity contribution in [2.75, 3.05) is 19.5 Å². The van der Waals surface area contributed by atoms with Gasteiger partial charge in [0.2, 0.25) is 5.13 Å². The Hall–Kier alpha value is -3.39. The Morgan fingerprint density at radius 2 is 1.87 bits per heavy atom. The van der Waals surface area contributed by atoms with E-state index in [1.165, 1.54) is 0 Å². The van der Waals surface area contributed by atoms with Crippen LogP contribution < -0.4 is 14.8 Å². The molecular weight excluding hydrogens is 400 g/mol. The molecule has 0 fully saturated rings. The minimum absolute atomic E-state index is 0.246. The second-order valence-electron chi connectivity index (χ2n) is 7.06. The van der Waals surface area contributed by atoms with Crippen molar-refractivity contribution < 1.29 is 14.3 Å². The summed E-state index contributed by atoms with van der Waals surface area (Å²) in [5, 5.41) is 8.58. The molecule has 0 saturated carbocycles. The van der Waals surface area contributed by atoms with Crippen molar-refractivity contribution in [2.45, 2.75) is 19.3 Å². The number of aryl methyl sites for hydroxylation is 1. The van der Waals surface area contributed by atoms with Crippen LogP contribution in [0.1, 0.15) is 28.0 Å². The third-order valence-electron chi connectivity index (χ3n) is 5.22. The first kappa shape index (κ1) is 18.6. The van der Waals surface area contributed by atoms with Crippen LogP contribution in [0, 0.1) is 0 Å². The molecule has 152 valence electrons. The van der Waals surface area contributed by atoms with Crippen LogP contribution in [0.15, 0.2) is 42.5 Å². The molecule has 1 N–H and O–H groups in total. The highest BCUT2D eigenvalue weighted by Gasteiger charge is 2.26. The third-order valence-corrected chi connectivity index (χ3v) is 6.23. The molecular formula is C22H20N4O3S. The average molecular weight is 420 g/mol. The van der Waals surface area contributed by atoms with Crippen LogP contribution in [-0.4, -0.2) is 34.9 Å². The Balaban J connectivity index is 1.55. The van der Waals surface area contributed by atoms with Gasteiger partial charge in [0.25, 0.3) is 5.91 Å². The molecule has 30 heavy (non-hydrogen) atoms. The fourth-order valence-corrected chi connectivity index (χ4v) is 4.65. The lowest BCUT2D eigenvalue weighted by atomic mass is 10.1. The molecule has 1 aliphatic carbocycles. The summed E-state index contributed by atoms with van der Waals surface area (Å²) in [5.41, 5.74) is 3.48. The van der Waals surface area contributed by atoms with Crippen LogP contribution in [0.2, 0.25) is 0 Å². The number of rotatable bonds is 5. The summed E-state index contributed by atoms with van der Waals surface area (Å²) in [6, 6.07) is 13.1. The van der Waals surface area contributed by atoms with Crippen LogP contribution in [0.3, 0.4) is 0 Å². The predicted molar refractivity (Wildman–Crippen MR) is 116 cm³/mol. The van der Waals surface area contributed by atoms with Gasteiger partial charge in [0.05, 0.1) is 30.1 Å². The second kappa shape index (κ2) is 7.46. The maximum Gasteiger partial charge on any atom is 0.257 e. The van der Waals surface area contributed by atoms with Gasteiger partial charge in [-0.1, -0.05) is 23.5 Å². The molecule has 2 aromatic heterocycles. The van der Waals surface area contributed by atoms with E-state index in [0.29, 0.717) is 22.9 Å². The molecule has 2 aromatic carbocycles. The smallest absolute Gasteiger partial charge is 0.257 e. The molecule has 1 amide bonds. The van der Waals surface area contributed by atoms with Crippen molar-refractivity contribution in [3.05, 3.63) is 59.3 Å². The van der Waals surface area contributed by atoms with Crippen LogP contribution in [-0.2, 0) is 12.8 Å². The van der Waals surface area contributed by atoms with E-state index >= 15 is 0 Å². The summed E-state index contributed by atoms with van der Waals surface area (Å²) in [4.78, 5) is 17.8. The Morgan fingerprint density at radius 1 is 1.10 bits per heavy atom. The van der Waals surface area contributed by atoms with Gasteiger partial charge in [-0.05, 0) is 43.5 Å². The Morgan fingerprint density at radius 3 is 2.60 bits per heavy atom. The van der Waals surface area contributed by atoms with Crippen molar-refractivity contribution in [3.63, 3.8) is 0 Å². The molecule has 0 aliphatic heterocycles. The van der Waals surface area contributed by atoms with Crippen LogP contribution in [0.4, 0.5) is 5.82 Å². The standard InChI is InChI=1S/C22H20N4O3S/c1-28-14-10-13(11-15(12-14)29-2)21(27)24-20-16-6-5-8-17(16)25-26(20)22-23-18-7-3-4-9-19(18)30-22/h3-4,7,9-12H,5-6,8H2,1-2H3,(H,24,27). The SMILES string of the molecule is COc1cc(OC)cc(C(=O)Nc2c3c(nn2-c2nc4ccccc4s2)CCC3)c1. The molecule has 0 radical (unpaired) electrons. The topological polar surface area (TPSA) is 78.3 Å². The van der Waals surface area contributed by atoms with Crippen LogP contribution >= 0.6 is 11.3 Å². The van der Waals surface area contributed by atoms with E-state index in [1.54, 1.807) is 48.4 Å². The number of nitrogens with one attached hydrogen (secondary N) is 1. The van der Waals surface area contributed by atoms with E-state index in [4.69, 9.17) is 19.6 Å². The van der Waals surface area contributed by atoms with Crippen molar-refractivity contribution in [3.8, 4) is 16.6 Å². The minimum atomic E-state index is -0.246. The zero-order chi connectivity index (χ0) is 20.7. The molecule has 2 heterocycles. The molecule has 0 bridgehead atoms. The van der Waals surface area contributed by atoms with Crippen LogP contribution in [0.25, 0.3) is 15.3 Å². The highest BCUT2D eigenvalue weighted by Crippen LogP contribution is 2.34. The summed E-state index contributed by atoms with van der Waals surface area (Å²) in [5.74, 6) is 1.56. The fraction of sp³-hybridized carbons (Fsp3) is 0.227. The van der Waals surface area contributed by atoms with E-state index in [0.717, 1.165) is 45.9 Å². The second-order valence-corrected chi connectivity index (χ2v) is 8.07. The Labute approximate surface area is 177 Å². The number of nitrogens with zero attached hydrogens (tertiary/aromatic N) is 3. The molecule has 8 heteroatoms. The van der Waals surface area contributed by atoms with Crippen molar-refractivity contribution >= 4 is 33.3 Å². The highest BCUT2D eigenvalue weighted by molar-refractivity contribution is 7.20. The van der Waals surface area contributed by atoms with Crippen LogP contribution in [0.5, 0.6) is 11.5 Å². The monoisotopic (exact) mass is 420 g/mol. The van der Waals surface area contributed by atoms with E-state index in [-0.39, 0.29) is 5.91 Å². The highest BCUT2D eigenvalue weighted by atomic mass is 32.1. The molecule has 7 nitrogen and oxygen atoms in total. The molecule has 4 aromatic rings. The third kappa shape index (κ3) is 3.19. The van der Waals surface area contributed by atoms with Gasteiger partial charge in [0.15, 0.2) is 0 Å². The minimum Gasteiger partial charge on any atom is -0.497 e. The zero-order valence-electron chi connectivity index (χ0n) is 16.6. The largest absolute Gasteiger partial charge is 0.497 e. The normalized spacial score (nSPS) is 12.7. The van der Waals surface area contributed by atoms with Gasteiger partial charge in [-0.3, -0.25) is 4.79 Å². The zero-order valence-corrected chi connectivity index (χ0v) is 17.5. The lowest BCUT2D eigenvalue weighted by molar-refractivity contribution is 0.102. The summed E-state index contributed by atoms with van der Waals surface area (Å²) in [6.45, 7) is 0. The Bertz CT molecular complexity index is 1210. The van der Waals surface area contributed by atoms with Gasteiger partial charge >= 0.3 is 0 Å². The number of para-hydroxylation sites is 1. The fourth-order valence-electron chi connectivity index (χ4n) is 3.73. The quantitative estimate of drug-likeness (QED) is 0.522. The molecule has 0 saturated heterocycles. The molecule has 0 atom stereocenters. The van der Waals surface area contributed by atoms with E-state index in [1.807, 2.05) is 24.3 Å². The molecule has 0 spiro atoms. The summed E-state index contributed by atoms with van der Waals surface area (Å²) >= 11 is 1.55. The molecule has 1 aliphatic rings. The van der Waals surface area contributed by atoms with Crippen molar-refractivity contribution in [1.82, 2.24) is 14.8 Å². The number of amides is 1. The van der Waals surface area contributed by atoms with Gasteiger partial charge in [-0.15, -0.1) is 0 Å². The lowest BCUT2D eigenvalue weighted by Gasteiger charge is -2.11. The maximum atomic E-state index is 13.1. The summed E-state index contributed by atoms with van der Waals surface area (Å²) < 4.78 is 13.4. The van der Waals surface area contributed by atoms with E-state index in [2.05, 4.69) is 5.32 Å². The predicted octanol–water partition coefficient (Wildman–Crippen LogP) is 4.24. The summed E-state index contributed by atoms with van der Waals surface area (Å²) in [6.07, 6.45) is 2.83. The Kier molecular flexibility index (Phi) is 4.63. The number of hydrogen-bond acceptors (Lipinski definition) is 6. The van der Waals surface area contributed by atoms with Gasteiger partial charge in [-0.2, -0.15) is 9.78 Å². The number of fused-ring (bicyclic) bond motifs is 2. The first-order chi connectivity index (χ1) is 14.7. The first-order valence-electron chi connectivity index (χ1n) is 9.67. The van der Waals surface area contributed by atoms with E-state index in [9.17, 15) is 4.79 Å². The van der Waals surface area contributed by atoms with Crippen molar-refractivity contribution in [2.24, 2.45) is 0 Å². The average Bonchev–Trinajstić information content (AvgIpc) is 3.48. The van der Waals surface area contributed by atoms with Gasteiger partial charge in [0, 0.05) is 17.2 Å². The molecule has 5 rings (SSSR count). The number of thiazole rings is 1. The number of carbonyl (C=O) groups excluding carboxylic acids is 1. The number of methoxy groups -OCH3 is 2. The number of aromatic nitrogens is 3. The van der Waals surface area contributed by atoms with Gasteiger partial charge in [0.1, 0.15) is 17.3 Å². The number of hydrogen-bond donors (Lipinski definition) is 1. The summed E-state index contributed by atoms with van der Waals surface area (Å²) in [7, 11) is 3.12. The number of benzene rings is 2. The number of carbonyl (C=O) groups is 1. The van der Waals surface area contributed by atoms with Gasteiger partial charge < -0.3 is 14.8 Å². The van der Waals surface area contributed by atoms with Crippen molar-refractivity contribution in [1.29, 1.82) is 0 Å². The van der Waals surface area contributed by atoms with E-state index < -0.39 is 0 Å². The van der Waals surface area contributed by atoms with Gasteiger partial charge in [-0.25, -0.2) is 4.98 Å². The lowest BCUT2D eigenvalue weighted by Crippen LogP contribution is -2.16. The number of ether oxygens (including phenoxy) is 2. The maximum absolute atomic E-state index is 13.1. The first-order valence-corrected chi connectivity index (χ1v) is 10.5. The number of anilines is 1.